The molecule has 0 radical (unpaired) electrons. The summed E-state index contributed by atoms with van der Waals surface area (Å²) in [6.07, 6.45) is 2.43. The molecule has 1 saturated carbocycles. The summed E-state index contributed by atoms with van der Waals surface area (Å²) in [4.78, 5) is 46.6. The van der Waals surface area contributed by atoms with Gasteiger partial charge in [-0.05, 0) is 19.3 Å². The second-order valence-corrected chi connectivity index (χ2v) is 5.02. The van der Waals surface area contributed by atoms with Crippen LogP contribution in [0.25, 0.3) is 0 Å². The van der Waals surface area contributed by atoms with Crippen molar-refractivity contribution in [2.24, 2.45) is 0 Å². The Hall–Kier alpha value is -2.71. The summed E-state index contributed by atoms with van der Waals surface area (Å²) in [5.74, 6) is -1.86. The number of carboxylic acid groups (broad SMARTS) is 1. The van der Waals surface area contributed by atoms with E-state index >= 15 is 0 Å². The van der Waals surface area contributed by atoms with Crippen LogP contribution in [0, 0.1) is 10.1 Å². The van der Waals surface area contributed by atoms with Crippen molar-refractivity contribution in [3.63, 3.8) is 0 Å². The van der Waals surface area contributed by atoms with Crippen LogP contribution < -0.4 is 10.9 Å². The molecule has 3 N–H and O–H groups in total. The molecule has 1 fully saturated rings. The third-order valence-corrected chi connectivity index (χ3v) is 3.52. The zero-order valence-electron chi connectivity index (χ0n) is 10.9. The molecule has 1 aromatic heterocycles. The number of H-pyrrole nitrogens is 1. The largest absolute Gasteiger partial charge is 0.481 e. The molecule has 112 valence electrons. The van der Waals surface area contributed by atoms with Gasteiger partial charge in [0.25, 0.3) is 17.2 Å². The molecule has 0 unspecified atom stereocenters. The molecule has 1 aliphatic rings. The number of carboxylic acids is 1. The summed E-state index contributed by atoms with van der Waals surface area (Å²) in [5.41, 5.74) is -2.45. The molecule has 0 saturated heterocycles. The molecule has 2 rings (SSSR count). The number of aliphatic carboxylic acids is 1. The Bertz CT molecular complexity index is 661. The van der Waals surface area contributed by atoms with Gasteiger partial charge >= 0.3 is 5.97 Å². The van der Waals surface area contributed by atoms with Crippen molar-refractivity contribution in [1.29, 1.82) is 0 Å². The minimum Gasteiger partial charge on any atom is -0.481 e. The quantitative estimate of drug-likeness (QED) is 0.530. The first-order valence-electron chi connectivity index (χ1n) is 6.24. The van der Waals surface area contributed by atoms with Crippen molar-refractivity contribution in [1.82, 2.24) is 10.3 Å². The van der Waals surface area contributed by atoms with Gasteiger partial charge in [-0.15, -0.1) is 0 Å². The Kier molecular flexibility index (Phi) is 3.74. The number of aromatic nitrogens is 1. The molecule has 0 aliphatic heterocycles. The minimum absolute atomic E-state index is 0.244. The predicted octanol–water partition coefficient (Wildman–Crippen LogP) is 0.410. The van der Waals surface area contributed by atoms with Crippen molar-refractivity contribution in [3.05, 3.63) is 38.3 Å². The summed E-state index contributed by atoms with van der Waals surface area (Å²) in [5, 5.41) is 22.0. The highest BCUT2D eigenvalue weighted by Gasteiger charge is 2.40. The van der Waals surface area contributed by atoms with E-state index in [-0.39, 0.29) is 6.42 Å². The Balaban J connectivity index is 2.24. The first-order chi connectivity index (χ1) is 9.83. The molecule has 0 bridgehead atoms. The number of amides is 1. The van der Waals surface area contributed by atoms with Gasteiger partial charge < -0.3 is 15.4 Å². The second-order valence-electron chi connectivity index (χ2n) is 5.02. The predicted molar refractivity (Wildman–Crippen MR) is 70.0 cm³/mol. The van der Waals surface area contributed by atoms with E-state index in [2.05, 4.69) is 10.3 Å². The second kappa shape index (κ2) is 5.35. The number of rotatable bonds is 5. The third-order valence-electron chi connectivity index (χ3n) is 3.52. The van der Waals surface area contributed by atoms with Gasteiger partial charge in [-0.2, -0.15) is 0 Å². The molecule has 1 aliphatic carbocycles. The maximum absolute atomic E-state index is 12.1. The highest BCUT2D eigenvalue weighted by atomic mass is 16.6. The molecule has 1 heterocycles. The van der Waals surface area contributed by atoms with Gasteiger partial charge in [0, 0.05) is 6.07 Å². The lowest BCUT2D eigenvalue weighted by atomic mass is 9.74. The van der Waals surface area contributed by atoms with Crippen LogP contribution in [-0.2, 0) is 4.79 Å². The summed E-state index contributed by atoms with van der Waals surface area (Å²) in [6.45, 7) is 0. The first kappa shape index (κ1) is 14.7. The molecule has 0 atom stereocenters. The molecular formula is C12H13N3O6. The van der Waals surface area contributed by atoms with E-state index in [0.717, 1.165) is 18.7 Å². The summed E-state index contributed by atoms with van der Waals surface area (Å²) < 4.78 is 0. The Labute approximate surface area is 118 Å². The molecule has 1 aromatic rings. The van der Waals surface area contributed by atoms with Gasteiger partial charge in [-0.3, -0.25) is 24.5 Å². The van der Waals surface area contributed by atoms with Crippen LogP contribution in [-0.4, -0.2) is 32.4 Å². The minimum atomic E-state index is -1.05. The zero-order valence-corrected chi connectivity index (χ0v) is 10.9. The fourth-order valence-corrected chi connectivity index (χ4v) is 2.29. The molecule has 21 heavy (non-hydrogen) atoms. The number of hydrogen-bond donors (Lipinski definition) is 3. The smallest absolute Gasteiger partial charge is 0.305 e. The van der Waals surface area contributed by atoms with Crippen molar-refractivity contribution in [2.45, 2.75) is 31.2 Å². The lowest BCUT2D eigenvalue weighted by Crippen LogP contribution is -2.55. The van der Waals surface area contributed by atoms with Gasteiger partial charge in [-0.1, -0.05) is 0 Å². The zero-order chi connectivity index (χ0) is 15.6. The van der Waals surface area contributed by atoms with E-state index in [0.29, 0.717) is 12.8 Å². The van der Waals surface area contributed by atoms with Crippen LogP contribution in [0.5, 0.6) is 0 Å². The normalized spacial score (nSPS) is 15.8. The van der Waals surface area contributed by atoms with Gasteiger partial charge in [0.05, 0.1) is 23.1 Å². The Morgan fingerprint density at radius 3 is 2.62 bits per heavy atom. The van der Waals surface area contributed by atoms with Crippen LogP contribution >= 0.6 is 0 Å². The molecule has 0 aromatic carbocycles. The number of carbonyl (C=O) groups excluding carboxylic acids is 1. The molecule has 0 spiro atoms. The maximum atomic E-state index is 12.1. The monoisotopic (exact) mass is 295 g/mol. The number of nitro groups is 1. The summed E-state index contributed by atoms with van der Waals surface area (Å²) >= 11 is 0. The number of hydrogen-bond acceptors (Lipinski definition) is 5. The van der Waals surface area contributed by atoms with Crippen LogP contribution in [0.2, 0.25) is 0 Å². The van der Waals surface area contributed by atoms with Gasteiger partial charge in [0.2, 0.25) is 0 Å². The lowest BCUT2D eigenvalue weighted by molar-refractivity contribution is -0.385. The maximum Gasteiger partial charge on any atom is 0.305 e. The van der Waals surface area contributed by atoms with Gasteiger partial charge in [0.1, 0.15) is 5.56 Å². The fourth-order valence-electron chi connectivity index (χ4n) is 2.29. The standard InChI is InChI=1S/C12H13N3O6/c16-9(17)5-12(2-1-3-12)14-11(19)8-4-7(15(20)21)6-13-10(8)18/h4,6H,1-3,5H2,(H,13,18)(H,14,19)(H,16,17). The number of nitrogens with one attached hydrogen (secondary N) is 2. The third kappa shape index (κ3) is 3.07. The van der Waals surface area contributed by atoms with E-state index in [9.17, 15) is 24.5 Å². The topological polar surface area (TPSA) is 142 Å². The van der Waals surface area contributed by atoms with Crippen LogP contribution in [0.15, 0.2) is 17.1 Å². The Morgan fingerprint density at radius 2 is 2.14 bits per heavy atom. The Morgan fingerprint density at radius 1 is 1.48 bits per heavy atom. The van der Waals surface area contributed by atoms with Crippen molar-refractivity contribution in [2.75, 3.05) is 0 Å². The number of carbonyl (C=O) groups is 2. The number of aromatic amines is 1. The molecule has 9 nitrogen and oxygen atoms in total. The first-order valence-corrected chi connectivity index (χ1v) is 6.24. The van der Waals surface area contributed by atoms with E-state index in [1.54, 1.807) is 0 Å². The molecule has 1 amide bonds. The highest BCUT2D eigenvalue weighted by molar-refractivity contribution is 5.95. The average Bonchev–Trinajstić information content (AvgIpc) is 2.35. The van der Waals surface area contributed by atoms with Crippen molar-refractivity contribution in [3.8, 4) is 0 Å². The summed E-state index contributed by atoms with van der Waals surface area (Å²) in [6, 6.07) is 0.876. The number of pyridine rings is 1. The van der Waals surface area contributed by atoms with Crippen molar-refractivity contribution < 1.29 is 19.6 Å². The van der Waals surface area contributed by atoms with Gasteiger partial charge in [-0.25, -0.2) is 0 Å². The van der Waals surface area contributed by atoms with E-state index in [1.165, 1.54) is 0 Å². The molecular weight excluding hydrogens is 282 g/mol. The van der Waals surface area contributed by atoms with E-state index < -0.39 is 39.1 Å². The highest BCUT2D eigenvalue weighted by Crippen LogP contribution is 2.35. The van der Waals surface area contributed by atoms with Crippen LogP contribution in [0.1, 0.15) is 36.0 Å². The van der Waals surface area contributed by atoms with Crippen LogP contribution in [0.3, 0.4) is 0 Å². The fraction of sp³-hybridized carbons (Fsp3) is 0.417. The van der Waals surface area contributed by atoms with Crippen LogP contribution in [0.4, 0.5) is 5.69 Å². The van der Waals surface area contributed by atoms with Crippen molar-refractivity contribution >= 4 is 17.6 Å². The SMILES string of the molecule is O=C(O)CC1(NC(=O)c2cc([N+](=O)[O-])c[nH]c2=O)CCC1. The molecule has 9 heteroatoms. The van der Waals surface area contributed by atoms with Gasteiger partial charge in [0.15, 0.2) is 0 Å². The van der Waals surface area contributed by atoms with E-state index in [1.807, 2.05) is 0 Å². The average molecular weight is 295 g/mol. The number of nitrogens with zero attached hydrogens (tertiary/aromatic N) is 1. The lowest BCUT2D eigenvalue weighted by Gasteiger charge is -2.41. The van der Waals surface area contributed by atoms with E-state index in [4.69, 9.17) is 5.11 Å². The summed E-state index contributed by atoms with van der Waals surface area (Å²) in [7, 11) is 0.